The third-order valence-corrected chi connectivity index (χ3v) is 4.79. The van der Waals surface area contributed by atoms with Gasteiger partial charge in [-0.2, -0.15) is 0 Å². The van der Waals surface area contributed by atoms with Crippen molar-refractivity contribution in [3.8, 4) is 0 Å². The van der Waals surface area contributed by atoms with E-state index in [9.17, 15) is 0 Å². The van der Waals surface area contributed by atoms with E-state index < -0.39 is 0 Å². The molecule has 104 valence electrons. The number of rotatable bonds is 10. The SMILES string of the molecule is COCCOCCCCNCc1cc(Br)c(Cl)s1. The van der Waals surface area contributed by atoms with Crippen LogP contribution in [-0.4, -0.2) is 33.5 Å². The Kier molecular flexibility index (Phi) is 9.27. The summed E-state index contributed by atoms with van der Waals surface area (Å²) in [6.07, 6.45) is 2.19. The Morgan fingerprint density at radius 2 is 2.17 bits per heavy atom. The van der Waals surface area contributed by atoms with Crippen LogP contribution in [0.5, 0.6) is 0 Å². The van der Waals surface area contributed by atoms with E-state index in [1.165, 1.54) is 4.88 Å². The first-order chi connectivity index (χ1) is 8.74. The Balaban J connectivity index is 1.92. The topological polar surface area (TPSA) is 30.5 Å². The maximum Gasteiger partial charge on any atom is 0.107 e. The van der Waals surface area contributed by atoms with Crippen LogP contribution < -0.4 is 5.32 Å². The van der Waals surface area contributed by atoms with Crippen molar-refractivity contribution in [1.29, 1.82) is 0 Å². The summed E-state index contributed by atoms with van der Waals surface area (Å²) in [5.41, 5.74) is 0. The Labute approximate surface area is 126 Å². The maximum atomic E-state index is 5.97. The fourth-order valence-electron chi connectivity index (χ4n) is 1.39. The van der Waals surface area contributed by atoms with E-state index in [-0.39, 0.29) is 0 Å². The molecule has 0 atom stereocenters. The van der Waals surface area contributed by atoms with E-state index in [1.807, 2.05) is 0 Å². The molecular formula is C12H19BrClNO2S. The first kappa shape index (κ1) is 16.4. The minimum Gasteiger partial charge on any atom is -0.382 e. The third-order valence-electron chi connectivity index (χ3n) is 2.32. The highest BCUT2D eigenvalue weighted by Crippen LogP contribution is 2.31. The zero-order valence-corrected chi connectivity index (χ0v) is 13.7. The molecule has 18 heavy (non-hydrogen) atoms. The van der Waals surface area contributed by atoms with Gasteiger partial charge in [0.1, 0.15) is 4.34 Å². The number of hydrogen-bond acceptors (Lipinski definition) is 4. The summed E-state index contributed by atoms with van der Waals surface area (Å²) in [4.78, 5) is 1.25. The zero-order chi connectivity index (χ0) is 13.2. The molecule has 1 N–H and O–H groups in total. The lowest BCUT2D eigenvalue weighted by Gasteiger charge is -2.04. The largest absolute Gasteiger partial charge is 0.382 e. The first-order valence-corrected chi connectivity index (χ1v) is 7.94. The standard InChI is InChI=1S/C12H19BrClNO2S/c1-16-6-7-17-5-3-2-4-15-9-10-8-11(13)12(14)18-10/h8,15H,2-7,9H2,1H3. The van der Waals surface area contributed by atoms with Crippen LogP contribution in [0, 0.1) is 0 Å². The fraction of sp³-hybridized carbons (Fsp3) is 0.667. The molecule has 1 aromatic rings. The van der Waals surface area contributed by atoms with E-state index in [1.54, 1.807) is 18.4 Å². The third kappa shape index (κ3) is 7.07. The smallest absolute Gasteiger partial charge is 0.107 e. The van der Waals surface area contributed by atoms with Crippen LogP contribution in [0.3, 0.4) is 0 Å². The Morgan fingerprint density at radius 3 is 2.83 bits per heavy atom. The molecule has 0 bridgehead atoms. The molecule has 0 amide bonds. The van der Waals surface area contributed by atoms with Gasteiger partial charge in [-0.15, -0.1) is 11.3 Å². The predicted octanol–water partition coefficient (Wildman–Crippen LogP) is 3.70. The van der Waals surface area contributed by atoms with Crippen LogP contribution >= 0.6 is 38.9 Å². The number of thiophene rings is 1. The number of halogens is 2. The van der Waals surface area contributed by atoms with Crippen LogP contribution in [0.15, 0.2) is 10.5 Å². The number of unbranched alkanes of at least 4 members (excludes halogenated alkanes) is 1. The molecule has 0 saturated carbocycles. The Morgan fingerprint density at radius 1 is 1.33 bits per heavy atom. The molecule has 0 aliphatic rings. The van der Waals surface area contributed by atoms with Crippen LogP contribution in [0.2, 0.25) is 4.34 Å². The number of nitrogens with one attached hydrogen (secondary N) is 1. The summed E-state index contributed by atoms with van der Waals surface area (Å²) in [5.74, 6) is 0. The number of methoxy groups -OCH3 is 1. The normalized spacial score (nSPS) is 11.1. The summed E-state index contributed by atoms with van der Waals surface area (Å²) >= 11 is 11.0. The van der Waals surface area contributed by atoms with Crippen LogP contribution in [0.4, 0.5) is 0 Å². The number of hydrogen-bond donors (Lipinski definition) is 1. The molecule has 1 aromatic heterocycles. The molecule has 0 unspecified atom stereocenters. The predicted molar refractivity (Wildman–Crippen MR) is 80.7 cm³/mol. The van der Waals surface area contributed by atoms with Crippen LogP contribution in [0.25, 0.3) is 0 Å². The van der Waals surface area contributed by atoms with Crippen molar-refractivity contribution in [3.63, 3.8) is 0 Å². The van der Waals surface area contributed by atoms with Gasteiger partial charge in [-0.05, 0) is 41.4 Å². The summed E-state index contributed by atoms with van der Waals surface area (Å²) in [6.45, 7) is 4.04. The number of ether oxygens (including phenoxy) is 2. The molecule has 0 aromatic carbocycles. The molecular weight excluding hydrogens is 338 g/mol. The van der Waals surface area contributed by atoms with Gasteiger partial charge in [0.05, 0.1) is 13.2 Å². The second-order valence-electron chi connectivity index (χ2n) is 3.82. The van der Waals surface area contributed by atoms with Gasteiger partial charge >= 0.3 is 0 Å². The molecule has 3 nitrogen and oxygen atoms in total. The van der Waals surface area contributed by atoms with Crippen molar-refractivity contribution in [2.75, 3.05) is 33.5 Å². The van der Waals surface area contributed by atoms with Gasteiger partial charge in [0, 0.05) is 29.6 Å². The molecule has 0 aliphatic carbocycles. The summed E-state index contributed by atoms with van der Waals surface area (Å²) in [6, 6.07) is 2.06. The van der Waals surface area contributed by atoms with E-state index in [0.717, 1.165) is 41.3 Å². The summed E-state index contributed by atoms with van der Waals surface area (Å²) in [7, 11) is 1.68. The lowest BCUT2D eigenvalue weighted by molar-refractivity contribution is 0.0688. The monoisotopic (exact) mass is 355 g/mol. The van der Waals surface area contributed by atoms with Gasteiger partial charge in [0.25, 0.3) is 0 Å². The van der Waals surface area contributed by atoms with E-state index in [0.29, 0.717) is 13.2 Å². The van der Waals surface area contributed by atoms with Crippen molar-refractivity contribution in [1.82, 2.24) is 5.32 Å². The molecule has 1 heterocycles. The Bertz CT molecular complexity index is 316. The molecule has 0 fully saturated rings. The van der Waals surface area contributed by atoms with Crippen molar-refractivity contribution in [2.24, 2.45) is 0 Å². The van der Waals surface area contributed by atoms with Crippen molar-refractivity contribution in [3.05, 3.63) is 19.8 Å². The van der Waals surface area contributed by atoms with E-state index in [2.05, 4.69) is 27.3 Å². The Hall–Kier alpha value is 0.350. The molecule has 0 saturated heterocycles. The average molecular weight is 357 g/mol. The maximum absolute atomic E-state index is 5.97. The second-order valence-corrected chi connectivity index (χ2v) is 6.42. The molecule has 0 radical (unpaired) electrons. The van der Waals surface area contributed by atoms with E-state index in [4.69, 9.17) is 21.1 Å². The lowest BCUT2D eigenvalue weighted by Crippen LogP contribution is -2.14. The highest BCUT2D eigenvalue weighted by Gasteiger charge is 2.03. The molecule has 0 spiro atoms. The minimum atomic E-state index is 0.673. The first-order valence-electron chi connectivity index (χ1n) is 5.95. The highest BCUT2D eigenvalue weighted by molar-refractivity contribution is 9.10. The summed E-state index contributed by atoms with van der Waals surface area (Å²) < 4.78 is 12.1. The van der Waals surface area contributed by atoms with Gasteiger partial charge < -0.3 is 14.8 Å². The zero-order valence-electron chi connectivity index (χ0n) is 10.5. The van der Waals surface area contributed by atoms with Gasteiger partial charge in [0.2, 0.25) is 0 Å². The average Bonchev–Trinajstić information content (AvgIpc) is 2.67. The van der Waals surface area contributed by atoms with Crippen LogP contribution in [0.1, 0.15) is 17.7 Å². The van der Waals surface area contributed by atoms with Gasteiger partial charge in [-0.1, -0.05) is 11.6 Å². The second kappa shape index (κ2) is 10.2. The van der Waals surface area contributed by atoms with Gasteiger partial charge in [-0.3, -0.25) is 0 Å². The molecule has 0 aliphatic heterocycles. The van der Waals surface area contributed by atoms with Crippen molar-refractivity contribution in [2.45, 2.75) is 19.4 Å². The quantitative estimate of drug-likeness (QED) is 0.648. The minimum absolute atomic E-state index is 0.673. The van der Waals surface area contributed by atoms with Crippen molar-refractivity contribution < 1.29 is 9.47 Å². The molecule has 1 rings (SSSR count). The van der Waals surface area contributed by atoms with Gasteiger partial charge in [-0.25, -0.2) is 0 Å². The van der Waals surface area contributed by atoms with Crippen LogP contribution in [-0.2, 0) is 16.0 Å². The lowest BCUT2D eigenvalue weighted by atomic mass is 10.3. The van der Waals surface area contributed by atoms with Crippen molar-refractivity contribution >= 4 is 38.9 Å². The van der Waals surface area contributed by atoms with E-state index >= 15 is 0 Å². The van der Waals surface area contributed by atoms with Gasteiger partial charge in [0.15, 0.2) is 0 Å². The fourth-order valence-corrected chi connectivity index (χ4v) is 3.15. The summed E-state index contributed by atoms with van der Waals surface area (Å²) in [5, 5.41) is 3.39. The highest BCUT2D eigenvalue weighted by atomic mass is 79.9. The molecule has 6 heteroatoms.